The predicted octanol–water partition coefficient (Wildman–Crippen LogP) is 5.15. The molecule has 2 heteroatoms. The lowest BCUT2D eigenvalue weighted by Gasteiger charge is -2.24. The van der Waals surface area contributed by atoms with Crippen molar-refractivity contribution in [3.8, 4) is 0 Å². The van der Waals surface area contributed by atoms with E-state index in [-0.39, 0.29) is 0 Å². The fourth-order valence-corrected chi connectivity index (χ4v) is 3.52. The average molecular weight is 321 g/mol. The van der Waals surface area contributed by atoms with Crippen LogP contribution in [0.3, 0.4) is 0 Å². The Morgan fingerprint density at radius 1 is 0.833 bits per heavy atom. The molecule has 0 aliphatic carbocycles. The second kappa shape index (κ2) is 7.78. The summed E-state index contributed by atoms with van der Waals surface area (Å²) < 4.78 is 0. The largest absolute Gasteiger partial charge is 0.387 e. The van der Waals surface area contributed by atoms with Gasteiger partial charge < -0.3 is 10.0 Å². The number of hydrogen-bond donors (Lipinski definition) is 1. The van der Waals surface area contributed by atoms with Crippen LogP contribution in [0, 0.1) is 0 Å². The molecule has 1 atom stereocenters. The van der Waals surface area contributed by atoms with Crippen molar-refractivity contribution in [2.24, 2.45) is 0 Å². The molecule has 3 aromatic rings. The summed E-state index contributed by atoms with van der Waals surface area (Å²) in [7, 11) is 0. The minimum absolute atomic E-state index is 0.432. The Kier molecular flexibility index (Phi) is 5.49. The van der Waals surface area contributed by atoms with Crippen molar-refractivity contribution in [3.05, 3.63) is 60.2 Å². The van der Waals surface area contributed by atoms with Gasteiger partial charge in [0.2, 0.25) is 0 Å². The summed E-state index contributed by atoms with van der Waals surface area (Å²) in [6, 6.07) is 19.2. The molecule has 3 rings (SSSR count). The van der Waals surface area contributed by atoms with E-state index in [1.165, 1.54) is 21.5 Å². The molecular formula is C22H27NO. The second-order valence-corrected chi connectivity index (χ2v) is 6.58. The zero-order chi connectivity index (χ0) is 16.9. The molecule has 0 radical (unpaired) electrons. The number of hydrogen-bond acceptors (Lipinski definition) is 2. The summed E-state index contributed by atoms with van der Waals surface area (Å²) in [5, 5.41) is 15.7. The van der Waals surface area contributed by atoms with Gasteiger partial charge in [0, 0.05) is 6.54 Å². The van der Waals surface area contributed by atoms with Gasteiger partial charge in [0.05, 0.1) is 6.10 Å². The van der Waals surface area contributed by atoms with Crippen LogP contribution in [0.2, 0.25) is 0 Å². The second-order valence-electron chi connectivity index (χ2n) is 6.58. The van der Waals surface area contributed by atoms with Crippen LogP contribution in [0.4, 0.5) is 0 Å². The normalized spacial score (nSPS) is 13.0. The number of rotatable bonds is 7. The van der Waals surface area contributed by atoms with Gasteiger partial charge in [-0.3, -0.25) is 0 Å². The zero-order valence-electron chi connectivity index (χ0n) is 14.7. The van der Waals surface area contributed by atoms with Crippen LogP contribution in [-0.4, -0.2) is 29.6 Å². The topological polar surface area (TPSA) is 23.5 Å². The summed E-state index contributed by atoms with van der Waals surface area (Å²) >= 11 is 0. The van der Waals surface area contributed by atoms with Gasteiger partial charge in [-0.15, -0.1) is 0 Å². The fraction of sp³-hybridized carbons (Fsp3) is 0.364. The highest BCUT2D eigenvalue weighted by atomic mass is 16.3. The molecule has 0 aliphatic heterocycles. The van der Waals surface area contributed by atoms with Crippen molar-refractivity contribution >= 4 is 21.5 Å². The van der Waals surface area contributed by atoms with E-state index in [1.807, 2.05) is 0 Å². The predicted molar refractivity (Wildman–Crippen MR) is 103 cm³/mol. The van der Waals surface area contributed by atoms with E-state index in [2.05, 4.69) is 73.3 Å². The third-order valence-corrected chi connectivity index (χ3v) is 4.66. The molecule has 0 saturated carbocycles. The van der Waals surface area contributed by atoms with Gasteiger partial charge in [0.25, 0.3) is 0 Å². The summed E-state index contributed by atoms with van der Waals surface area (Å²) in [4.78, 5) is 2.36. The molecule has 24 heavy (non-hydrogen) atoms. The Hall–Kier alpha value is -1.90. The first kappa shape index (κ1) is 16.9. The van der Waals surface area contributed by atoms with Gasteiger partial charge in [-0.2, -0.15) is 0 Å². The van der Waals surface area contributed by atoms with Crippen molar-refractivity contribution < 1.29 is 5.11 Å². The summed E-state index contributed by atoms with van der Waals surface area (Å²) in [6.45, 7) is 7.18. The van der Waals surface area contributed by atoms with Gasteiger partial charge in [-0.05, 0) is 59.1 Å². The molecule has 0 spiro atoms. The molecule has 0 saturated heterocycles. The third-order valence-electron chi connectivity index (χ3n) is 4.66. The van der Waals surface area contributed by atoms with E-state index < -0.39 is 6.10 Å². The molecule has 126 valence electrons. The van der Waals surface area contributed by atoms with Crippen molar-refractivity contribution in [2.45, 2.75) is 32.8 Å². The van der Waals surface area contributed by atoms with Crippen LogP contribution in [0.5, 0.6) is 0 Å². The van der Waals surface area contributed by atoms with Crippen LogP contribution in [0.1, 0.15) is 38.4 Å². The van der Waals surface area contributed by atoms with Gasteiger partial charge >= 0.3 is 0 Å². The molecule has 1 unspecified atom stereocenters. The number of aliphatic hydroxyl groups is 1. The minimum atomic E-state index is -0.432. The molecule has 1 N–H and O–H groups in total. The van der Waals surface area contributed by atoms with Crippen LogP contribution < -0.4 is 0 Å². The molecule has 0 bridgehead atoms. The van der Waals surface area contributed by atoms with Crippen molar-refractivity contribution in [1.82, 2.24) is 4.90 Å². The lowest BCUT2D eigenvalue weighted by molar-refractivity contribution is 0.113. The van der Waals surface area contributed by atoms with Gasteiger partial charge in [0.1, 0.15) is 0 Å². The number of nitrogens with zero attached hydrogens (tertiary/aromatic N) is 1. The van der Waals surface area contributed by atoms with E-state index in [9.17, 15) is 5.11 Å². The maximum atomic E-state index is 10.7. The average Bonchev–Trinajstić information content (AvgIpc) is 2.61. The van der Waals surface area contributed by atoms with E-state index in [0.29, 0.717) is 6.54 Å². The summed E-state index contributed by atoms with van der Waals surface area (Å²) in [5.74, 6) is 0. The molecule has 0 aromatic heterocycles. The SMILES string of the molecule is CCCN(CCC)CC(O)c1ccc2c(ccc3ccccc32)c1. The lowest BCUT2D eigenvalue weighted by Crippen LogP contribution is -2.30. The Morgan fingerprint density at radius 2 is 1.50 bits per heavy atom. The molecule has 3 aromatic carbocycles. The van der Waals surface area contributed by atoms with Gasteiger partial charge in [-0.1, -0.05) is 62.4 Å². The first-order valence-corrected chi connectivity index (χ1v) is 9.04. The fourth-order valence-electron chi connectivity index (χ4n) is 3.52. The Morgan fingerprint density at radius 3 is 2.25 bits per heavy atom. The lowest BCUT2D eigenvalue weighted by atomic mass is 9.98. The highest BCUT2D eigenvalue weighted by Gasteiger charge is 2.13. The van der Waals surface area contributed by atoms with E-state index in [4.69, 9.17) is 0 Å². The highest BCUT2D eigenvalue weighted by Crippen LogP contribution is 2.28. The first-order chi connectivity index (χ1) is 11.7. The van der Waals surface area contributed by atoms with E-state index in [0.717, 1.165) is 31.5 Å². The Bertz CT molecular complexity index is 805. The van der Waals surface area contributed by atoms with Gasteiger partial charge in [0.15, 0.2) is 0 Å². The van der Waals surface area contributed by atoms with E-state index >= 15 is 0 Å². The molecule has 0 amide bonds. The van der Waals surface area contributed by atoms with Crippen molar-refractivity contribution in [1.29, 1.82) is 0 Å². The van der Waals surface area contributed by atoms with Crippen LogP contribution in [-0.2, 0) is 0 Å². The molecule has 0 aliphatic rings. The first-order valence-electron chi connectivity index (χ1n) is 9.04. The number of fused-ring (bicyclic) bond motifs is 3. The maximum Gasteiger partial charge on any atom is 0.0917 e. The minimum Gasteiger partial charge on any atom is -0.387 e. The maximum absolute atomic E-state index is 10.7. The van der Waals surface area contributed by atoms with Crippen LogP contribution in [0.25, 0.3) is 21.5 Å². The Balaban J connectivity index is 1.88. The molecular weight excluding hydrogens is 294 g/mol. The zero-order valence-corrected chi connectivity index (χ0v) is 14.7. The van der Waals surface area contributed by atoms with E-state index in [1.54, 1.807) is 0 Å². The molecule has 0 fully saturated rings. The monoisotopic (exact) mass is 321 g/mol. The third kappa shape index (κ3) is 3.61. The molecule has 2 nitrogen and oxygen atoms in total. The van der Waals surface area contributed by atoms with Crippen molar-refractivity contribution in [3.63, 3.8) is 0 Å². The van der Waals surface area contributed by atoms with Crippen LogP contribution >= 0.6 is 0 Å². The quantitative estimate of drug-likeness (QED) is 0.608. The number of aliphatic hydroxyl groups excluding tert-OH is 1. The van der Waals surface area contributed by atoms with Crippen LogP contribution in [0.15, 0.2) is 54.6 Å². The molecule has 0 heterocycles. The Labute approximate surface area is 144 Å². The van der Waals surface area contributed by atoms with Crippen molar-refractivity contribution in [2.75, 3.05) is 19.6 Å². The number of benzene rings is 3. The highest BCUT2D eigenvalue weighted by molar-refractivity contribution is 6.07. The summed E-state index contributed by atoms with van der Waals surface area (Å²) in [6.07, 6.45) is 1.81. The standard InChI is InChI=1S/C22H27NO/c1-3-13-23(14-4-2)16-22(24)19-11-12-21-18(15-19)10-9-17-7-5-6-8-20(17)21/h5-12,15,22,24H,3-4,13-14,16H2,1-2H3. The van der Waals surface area contributed by atoms with Gasteiger partial charge in [-0.25, -0.2) is 0 Å². The summed E-state index contributed by atoms with van der Waals surface area (Å²) in [5.41, 5.74) is 1.01. The smallest absolute Gasteiger partial charge is 0.0917 e.